The lowest BCUT2D eigenvalue weighted by Gasteiger charge is -2.32. The fourth-order valence-corrected chi connectivity index (χ4v) is 4.33. The van der Waals surface area contributed by atoms with Crippen molar-refractivity contribution >= 4 is 11.8 Å². The maximum atomic E-state index is 13.2. The van der Waals surface area contributed by atoms with Gasteiger partial charge < -0.3 is 15.0 Å². The van der Waals surface area contributed by atoms with Gasteiger partial charge in [0.1, 0.15) is 5.75 Å². The van der Waals surface area contributed by atoms with Crippen LogP contribution < -0.4 is 10.1 Å². The van der Waals surface area contributed by atoms with Crippen molar-refractivity contribution in [1.82, 2.24) is 10.2 Å². The zero-order chi connectivity index (χ0) is 16.8. The lowest BCUT2D eigenvalue weighted by molar-refractivity contribution is -0.136. The number of rotatable bonds is 3. The second-order valence-corrected chi connectivity index (χ2v) is 7.43. The number of carbonyl (C=O) groups excluding carboxylic acids is 2. The van der Waals surface area contributed by atoms with Crippen molar-refractivity contribution in [3.8, 4) is 5.75 Å². The van der Waals surface area contributed by atoms with Gasteiger partial charge in [-0.2, -0.15) is 0 Å². The number of nitrogens with zero attached hydrogens (tertiary/aromatic N) is 1. The minimum Gasteiger partial charge on any atom is -0.497 e. The van der Waals surface area contributed by atoms with Gasteiger partial charge in [0.15, 0.2) is 0 Å². The van der Waals surface area contributed by atoms with Gasteiger partial charge in [0.25, 0.3) is 0 Å². The molecule has 0 bridgehead atoms. The molecule has 1 saturated carbocycles. The van der Waals surface area contributed by atoms with Crippen molar-refractivity contribution in [3.05, 3.63) is 29.8 Å². The van der Waals surface area contributed by atoms with Crippen molar-refractivity contribution in [2.75, 3.05) is 26.7 Å². The largest absolute Gasteiger partial charge is 0.497 e. The van der Waals surface area contributed by atoms with Crippen molar-refractivity contribution in [2.24, 2.45) is 5.41 Å². The van der Waals surface area contributed by atoms with Gasteiger partial charge in [0, 0.05) is 19.6 Å². The molecule has 2 saturated heterocycles. The van der Waals surface area contributed by atoms with Crippen LogP contribution in [0.15, 0.2) is 24.3 Å². The SMILES string of the molecule is COc1ccc(C2(C(=O)N3CC[C@@]4(CCCNC4=O)C3)CC2)cc1. The Hall–Kier alpha value is -2.04. The Morgan fingerprint density at radius 1 is 1.17 bits per heavy atom. The number of ether oxygens (including phenoxy) is 1. The zero-order valence-corrected chi connectivity index (χ0v) is 14.1. The van der Waals surface area contributed by atoms with Crippen LogP contribution in [0.5, 0.6) is 5.75 Å². The molecular weight excluding hydrogens is 304 g/mol. The normalized spacial score (nSPS) is 27.9. The summed E-state index contributed by atoms with van der Waals surface area (Å²) >= 11 is 0. The first kappa shape index (κ1) is 15.5. The van der Waals surface area contributed by atoms with E-state index in [2.05, 4.69) is 5.32 Å². The average molecular weight is 328 g/mol. The van der Waals surface area contributed by atoms with Crippen LogP contribution in [0.2, 0.25) is 0 Å². The number of carbonyl (C=O) groups is 2. The fraction of sp³-hybridized carbons (Fsp3) is 0.579. The molecule has 0 aromatic heterocycles. The predicted molar refractivity (Wildman–Crippen MR) is 89.8 cm³/mol. The van der Waals surface area contributed by atoms with E-state index in [0.717, 1.165) is 50.0 Å². The quantitative estimate of drug-likeness (QED) is 0.921. The van der Waals surface area contributed by atoms with E-state index in [1.807, 2.05) is 29.2 Å². The van der Waals surface area contributed by atoms with E-state index in [9.17, 15) is 9.59 Å². The minimum atomic E-state index is -0.372. The van der Waals surface area contributed by atoms with Gasteiger partial charge in [-0.3, -0.25) is 9.59 Å². The van der Waals surface area contributed by atoms with Crippen LogP contribution >= 0.6 is 0 Å². The predicted octanol–water partition coefficient (Wildman–Crippen LogP) is 1.86. The molecule has 1 atom stereocenters. The van der Waals surface area contributed by atoms with Crippen LogP contribution in [0, 0.1) is 5.41 Å². The molecule has 2 amide bonds. The van der Waals surface area contributed by atoms with E-state index < -0.39 is 0 Å². The first-order chi connectivity index (χ1) is 11.6. The Bertz CT molecular complexity index is 666. The fourth-order valence-electron chi connectivity index (χ4n) is 4.33. The third-order valence-electron chi connectivity index (χ3n) is 6.04. The average Bonchev–Trinajstić information content (AvgIpc) is 3.32. The summed E-state index contributed by atoms with van der Waals surface area (Å²) in [6.07, 6.45) is 4.50. The molecule has 1 aromatic rings. The standard InChI is InChI=1S/C19H24N2O3/c1-24-15-5-3-14(4-6-15)19(8-9-19)17(23)21-12-10-18(13-21)7-2-11-20-16(18)22/h3-6H,2,7-13H2,1H3,(H,20,22)/t18-/m0/s1. The number of nitrogens with one attached hydrogen (secondary N) is 1. The first-order valence-electron chi connectivity index (χ1n) is 8.82. The highest BCUT2D eigenvalue weighted by atomic mass is 16.5. The molecule has 128 valence electrons. The van der Waals surface area contributed by atoms with Gasteiger partial charge in [0.05, 0.1) is 17.9 Å². The minimum absolute atomic E-state index is 0.137. The molecular formula is C19H24N2O3. The molecule has 3 aliphatic rings. The summed E-state index contributed by atoms with van der Waals surface area (Å²) in [6, 6.07) is 7.84. The van der Waals surface area contributed by atoms with Crippen molar-refractivity contribution in [2.45, 2.75) is 37.5 Å². The molecule has 5 heteroatoms. The molecule has 3 fully saturated rings. The molecule has 2 aliphatic heterocycles. The van der Waals surface area contributed by atoms with Crippen molar-refractivity contribution in [1.29, 1.82) is 0 Å². The van der Waals surface area contributed by atoms with Crippen molar-refractivity contribution in [3.63, 3.8) is 0 Å². The van der Waals surface area contributed by atoms with E-state index >= 15 is 0 Å². The van der Waals surface area contributed by atoms with E-state index in [-0.39, 0.29) is 22.6 Å². The van der Waals surface area contributed by atoms with E-state index in [1.165, 1.54) is 0 Å². The summed E-state index contributed by atoms with van der Waals surface area (Å²) in [6.45, 7) is 2.05. The summed E-state index contributed by atoms with van der Waals surface area (Å²) in [5.41, 5.74) is 0.356. The Morgan fingerprint density at radius 3 is 2.54 bits per heavy atom. The van der Waals surface area contributed by atoms with Crippen LogP contribution in [0.25, 0.3) is 0 Å². The second kappa shape index (κ2) is 5.50. The number of hydrogen-bond acceptors (Lipinski definition) is 3. The molecule has 1 spiro atoms. The molecule has 5 nitrogen and oxygen atoms in total. The highest BCUT2D eigenvalue weighted by Gasteiger charge is 2.56. The molecule has 4 rings (SSSR count). The van der Waals surface area contributed by atoms with Crippen molar-refractivity contribution < 1.29 is 14.3 Å². The highest BCUT2D eigenvalue weighted by Crippen LogP contribution is 2.51. The third kappa shape index (κ3) is 2.29. The number of piperidine rings is 1. The summed E-state index contributed by atoms with van der Waals surface area (Å²) < 4.78 is 5.21. The summed E-state index contributed by atoms with van der Waals surface area (Å²) in [5.74, 6) is 1.14. The van der Waals surface area contributed by atoms with Gasteiger partial charge in [-0.25, -0.2) is 0 Å². The smallest absolute Gasteiger partial charge is 0.233 e. The molecule has 2 heterocycles. The second-order valence-electron chi connectivity index (χ2n) is 7.43. The van der Waals surface area contributed by atoms with Gasteiger partial charge in [-0.1, -0.05) is 12.1 Å². The molecule has 0 unspecified atom stereocenters. The molecule has 1 N–H and O–H groups in total. The number of methoxy groups -OCH3 is 1. The van der Waals surface area contributed by atoms with Crippen LogP contribution in [0.1, 0.15) is 37.7 Å². The maximum absolute atomic E-state index is 13.2. The van der Waals surface area contributed by atoms with Crippen LogP contribution in [-0.4, -0.2) is 43.5 Å². The summed E-state index contributed by atoms with van der Waals surface area (Å²) in [4.78, 5) is 27.4. The summed E-state index contributed by atoms with van der Waals surface area (Å²) in [5, 5.41) is 2.98. The van der Waals surface area contributed by atoms with Gasteiger partial charge >= 0.3 is 0 Å². The lowest BCUT2D eigenvalue weighted by atomic mass is 9.79. The van der Waals surface area contributed by atoms with Gasteiger partial charge in [-0.15, -0.1) is 0 Å². The maximum Gasteiger partial charge on any atom is 0.233 e. The number of hydrogen-bond donors (Lipinski definition) is 1. The van der Waals surface area contributed by atoms with E-state index in [1.54, 1.807) is 7.11 Å². The third-order valence-corrected chi connectivity index (χ3v) is 6.04. The van der Waals surface area contributed by atoms with Gasteiger partial charge in [0.2, 0.25) is 11.8 Å². The Balaban J connectivity index is 1.52. The topological polar surface area (TPSA) is 58.6 Å². The molecule has 1 aromatic carbocycles. The van der Waals surface area contributed by atoms with E-state index in [0.29, 0.717) is 13.1 Å². The van der Waals surface area contributed by atoms with Crippen LogP contribution in [0.4, 0.5) is 0 Å². The summed E-state index contributed by atoms with van der Waals surface area (Å²) in [7, 11) is 1.64. The number of likely N-dealkylation sites (tertiary alicyclic amines) is 1. The monoisotopic (exact) mass is 328 g/mol. The number of benzene rings is 1. The Morgan fingerprint density at radius 2 is 1.92 bits per heavy atom. The highest BCUT2D eigenvalue weighted by molar-refractivity contribution is 5.93. The lowest BCUT2D eigenvalue weighted by Crippen LogP contribution is -2.48. The van der Waals surface area contributed by atoms with Gasteiger partial charge in [-0.05, 0) is 49.8 Å². The van der Waals surface area contributed by atoms with Crippen LogP contribution in [0.3, 0.4) is 0 Å². The Labute approximate surface area is 142 Å². The Kier molecular flexibility index (Phi) is 3.55. The molecule has 1 aliphatic carbocycles. The van der Waals surface area contributed by atoms with E-state index in [4.69, 9.17) is 4.74 Å². The molecule has 24 heavy (non-hydrogen) atoms. The first-order valence-corrected chi connectivity index (χ1v) is 8.82. The number of amides is 2. The zero-order valence-electron chi connectivity index (χ0n) is 14.1. The van der Waals surface area contributed by atoms with Crippen LogP contribution in [-0.2, 0) is 15.0 Å². The molecule has 0 radical (unpaired) electrons.